The van der Waals surface area contributed by atoms with Crippen molar-refractivity contribution in [2.45, 2.75) is 32.1 Å². The molecule has 3 nitrogen and oxygen atoms in total. The average molecular weight is 410 g/mol. The van der Waals surface area contributed by atoms with E-state index in [2.05, 4.69) is 29.8 Å². The van der Waals surface area contributed by atoms with Crippen LogP contribution in [0.3, 0.4) is 0 Å². The summed E-state index contributed by atoms with van der Waals surface area (Å²) in [6.45, 7) is 2.09. The molecule has 1 aliphatic rings. The maximum absolute atomic E-state index is 13.9. The van der Waals surface area contributed by atoms with Crippen LogP contribution in [0.2, 0.25) is 0 Å². The smallest absolute Gasteiger partial charge is 0.229 e. The minimum Gasteiger partial charge on any atom is -0.284 e. The fraction of sp³-hybridized carbons (Fsp3) is 0.250. The fourth-order valence-corrected chi connectivity index (χ4v) is 4.85. The number of sulfonamides is 1. The molecule has 29 heavy (non-hydrogen) atoms. The third kappa shape index (κ3) is 4.51. The Bertz CT molecular complexity index is 1120. The molecule has 0 bridgehead atoms. The van der Waals surface area contributed by atoms with Gasteiger partial charge in [-0.05, 0) is 78.3 Å². The van der Waals surface area contributed by atoms with Crippen LogP contribution in [-0.2, 0) is 29.3 Å². The highest BCUT2D eigenvalue weighted by molar-refractivity contribution is 7.92. The van der Waals surface area contributed by atoms with Gasteiger partial charge < -0.3 is 0 Å². The molecule has 150 valence electrons. The van der Waals surface area contributed by atoms with Gasteiger partial charge >= 0.3 is 0 Å². The Hall–Kier alpha value is -2.66. The molecule has 1 atom stereocenters. The van der Waals surface area contributed by atoms with Crippen LogP contribution in [0.15, 0.2) is 60.7 Å². The summed E-state index contributed by atoms with van der Waals surface area (Å²) in [5.41, 5.74) is 7.58. The van der Waals surface area contributed by atoms with Crippen molar-refractivity contribution in [2.75, 3.05) is 11.0 Å². The lowest BCUT2D eigenvalue weighted by Gasteiger charge is -2.21. The molecule has 3 aromatic rings. The Balaban J connectivity index is 1.77. The van der Waals surface area contributed by atoms with E-state index in [0.717, 1.165) is 35.8 Å². The summed E-state index contributed by atoms with van der Waals surface area (Å²) >= 11 is 0. The number of hydrogen-bond acceptors (Lipinski definition) is 2. The van der Waals surface area contributed by atoms with Gasteiger partial charge in [-0.2, -0.15) is 0 Å². The number of benzene rings is 3. The first-order valence-electron chi connectivity index (χ1n) is 9.73. The van der Waals surface area contributed by atoms with E-state index in [1.54, 1.807) is 12.1 Å². The molecule has 0 saturated carbocycles. The summed E-state index contributed by atoms with van der Waals surface area (Å²) in [5.74, 6) is -0.110. The van der Waals surface area contributed by atoms with E-state index in [4.69, 9.17) is 0 Å². The van der Waals surface area contributed by atoms with Gasteiger partial charge in [0.15, 0.2) is 0 Å². The lowest BCUT2D eigenvalue weighted by atomic mass is 9.83. The first kappa shape index (κ1) is 19.6. The minimum absolute atomic E-state index is 0.0946. The summed E-state index contributed by atoms with van der Waals surface area (Å²) in [5, 5.41) is 0. The molecule has 0 radical (unpaired) electrons. The lowest BCUT2D eigenvalue weighted by molar-refractivity contribution is 0.607. The molecule has 1 aliphatic carbocycles. The van der Waals surface area contributed by atoms with Crippen LogP contribution >= 0.6 is 0 Å². The number of anilines is 1. The van der Waals surface area contributed by atoms with Gasteiger partial charge in [-0.15, -0.1) is 0 Å². The standard InChI is InChI=1S/C24H24FNO2S/c1-16-6-10-22-18(12-16)7-8-19-15-20(25)9-11-23(19)24(22)14-17-4-3-5-21(13-17)26-29(2,27)28/h3-6,9-13,15,24,26H,7-8,14H2,1-2H3/t24-/m0/s1. The second kappa shape index (κ2) is 7.64. The van der Waals surface area contributed by atoms with Gasteiger partial charge in [0, 0.05) is 11.6 Å². The number of hydrogen-bond donors (Lipinski definition) is 1. The van der Waals surface area contributed by atoms with Gasteiger partial charge in [-0.3, -0.25) is 4.72 Å². The monoisotopic (exact) mass is 409 g/mol. The summed E-state index contributed by atoms with van der Waals surface area (Å²) in [4.78, 5) is 0. The molecule has 0 saturated heterocycles. The SMILES string of the molecule is Cc1ccc2c(c1)CCc1cc(F)ccc1[C@H]2Cc1cccc(NS(C)(=O)=O)c1. The van der Waals surface area contributed by atoms with Gasteiger partial charge in [0.05, 0.1) is 6.26 Å². The quantitative estimate of drug-likeness (QED) is 0.661. The Morgan fingerprint density at radius 2 is 1.66 bits per heavy atom. The van der Waals surface area contributed by atoms with Crippen molar-refractivity contribution in [1.29, 1.82) is 0 Å². The second-order valence-corrected chi connectivity index (χ2v) is 9.63. The van der Waals surface area contributed by atoms with E-state index >= 15 is 0 Å². The molecule has 0 heterocycles. The molecule has 0 fully saturated rings. The number of halogens is 1. The summed E-state index contributed by atoms with van der Waals surface area (Å²) in [7, 11) is -3.33. The molecular formula is C24H24FNO2S. The van der Waals surface area contributed by atoms with Gasteiger partial charge in [-0.1, -0.05) is 42.0 Å². The molecule has 0 unspecified atom stereocenters. The summed E-state index contributed by atoms with van der Waals surface area (Å²) in [6.07, 6.45) is 3.57. The zero-order valence-corrected chi connectivity index (χ0v) is 17.4. The second-order valence-electron chi connectivity index (χ2n) is 7.88. The van der Waals surface area contributed by atoms with E-state index in [9.17, 15) is 12.8 Å². The van der Waals surface area contributed by atoms with E-state index in [1.165, 1.54) is 22.8 Å². The maximum Gasteiger partial charge on any atom is 0.229 e. The normalized spacial score (nSPS) is 15.9. The van der Waals surface area contributed by atoms with Crippen LogP contribution in [0.25, 0.3) is 0 Å². The highest BCUT2D eigenvalue weighted by Gasteiger charge is 2.24. The van der Waals surface area contributed by atoms with E-state index in [-0.39, 0.29) is 11.7 Å². The van der Waals surface area contributed by atoms with E-state index < -0.39 is 10.0 Å². The maximum atomic E-state index is 13.9. The van der Waals surface area contributed by atoms with Crippen LogP contribution in [0.1, 0.15) is 39.3 Å². The topological polar surface area (TPSA) is 46.2 Å². The van der Waals surface area contributed by atoms with Crippen molar-refractivity contribution in [1.82, 2.24) is 0 Å². The van der Waals surface area contributed by atoms with Crippen LogP contribution < -0.4 is 4.72 Å². The molecular weight excluding hydrogens is 385 g/mol. The minimum atomic E-state index is -3.33. The zero-order chi connectivity index (χ0) is 20.6. The Morgan fingerprint density at radius 1 is 0.966 bits per heavy atom. The van der Waals surface area contributed by atoms with Crippen molar-refractivity contribution >= 4 is 15.7 Å². The highest BCUT2D eigenvalue weighted by atomic mass is 32.2. The number of fused-ring (bicyclic) bond motifs is 2. The molecule has 0 amide bonds. The zero-order valence-electron chi connectivity index (χ0n) is 16.6. The lowest BCUT2D eigenvalue weighted by Crippen LogP contribution is -2.11. The third-order valence-electron chi connectivity index (χ3n) is 5.49. The average Bonchev–Trinajstić information content (AvgIpc) is 2.77. The number of aryl methyl sites for hydroxylation is 3. The van der Waals surface area contributed by atoms with Gasteiger partial charge in [0.1, 0.15) is 5.82 Å². The van der Waals surface area contributed by atoms with Gasteiger partial charge in [0.25, 0.3) is 0 Å². The predicted molar refractivity (Wildman–Crippen MR) is 115 cm³/mol. The van der Waals surface area contributed by atoms with Crippen LogP contribution in [0.5, 0.6) is 0 Å². The highest BCUT2D eigenvalue weighted by Crippen LogP contribution is 2.37. The Labute approximate surface area is 171 Å². The van der Waals surface area contributed by atoms with E-state index in [1.807, 2.05) is 24.3 Å². The predicted octanol–water partition coefficient (Wildman–Crippen LogP) is 4.98. The fourth-order valence-electron chi connectivity index (χ4n) is 4.29. The first-order chi connectivity index (χ1) is 13.8. The first-order valence-corrected chi connectivity index (χ1v) is 11.6. The van der Waals surface area contributed by atoms with Crippen molar-refractivity contribution < 1.29 is 12.8 Å². The van der Waals surface area contributed by atoms with Crippen LogP contribution in [0.4, 0.5) is 10.1 Å². The molecule has 4 rings (SSSR count). The van der Waals surface area contributed by atoms with Crippen molar-refractivity contribution in [2.24, 2.45) is 0 Å². The number of nitrogens with one attached hydrogen (secondary N) is 1. The molecule has 1 N–H and O–H groups in total. The van der Waals surface area contributed by atoms with Crippen LogP contribution in [-0.4, -0.2) is 14.7 Å². The largest absolute Gasteiger partial charge is 0.284 e. The summed E-state index contributed by atoms with van der Waals surface area (Å²) < 4.78 is 39.7. The molecule has 0 aliphatic heterocycles. The molecule has 5 heteroatoms. The molecule has 0 aromatic heterocycles. The Kier molecular flexibility index (Phi) is 5.17. The number of rotatable bonds is 4. The Morgan fingerprint density at radius 3 is 2.38 bits per heavy atom. The van der Waals surface area contributed by atoms with Crippen molar-refractivity contribution in [3.8, 4) is 0 Å². The van der Waals surface area contributed by atoms with Crippen molar-refractivity contribution in [3.05, 3.63) is 99.9 Å². The summed E-state index contributed by atoms with van der Waals surface area (Å²) in [6, 6.07) is 19.1. The van der Waals surface area contributed by atoms with Gasteiger partial charge in [-0.25, -0.2) is 12.8 Å². The van der Waals surface area contributed by atoms with E-state index in [0.29, 0.717) is 12.1 Å². The molecule has 3 aromatic carbocycles. The molecule has 0 spiro atoms. The third-order valence-corrected chi connectivity index (χ3v) is 6.09. The van der Waals surface area contributed by atoms with Crippen LogP contribution in [0, 0.1) is 12.7 Å². The van der Waals surface area contributed by atoms with Crippen molar-refractivity contribution in [3.63, 3.8) is 0 Å². The van der Waals surface area contributed by atoms with Gasteiger partial charge in [0.2, 0.25) is 10.0 Å².